The summed E-state index contributed by atoms with van der Waals surface area (Å²) in [6, 6.07) is 8.23. The number of ether oxygens (including phenoxy) is 1. The van der Waals surface area contributed by atoms with Crippen molar-refractivity contribution in [3.63, 3.8) is 0 Å². The van der Waals surface area contributed by atoms with Crippen LogP contribution in [0.3, 0.4) is 0 Å². The molecule has 0 spiro atoms. The highest BCUT2D eigenvalue weighted by atomic mass is 32.1. The van der Waals surface area contributed by atoms with E-state index in [1.54, 1.807) is 25.5 Å². The molecule has 1 saturated carbocycles. The van der Waals surface area contributed by atoms with E-state index in [9.17, 15) is 0 Å². The second-order valence-corrected chi connectivity index (χ2v) is 10.9. The average Bonchev–Trinajstić information content (AvgIpc) is 3.61. The molecule has 0 saturated heterocycles. The molecule has 3 N–H and O–H groups in total. The highest BCUT2D eigenvalue weighted by Gasteiger charge is 2.25. The largest absolute Gasteiger partial charge is 0.495 e. The molecule has 2 aromatic heterocycles. The maximum atomic E-state index is 8.31. The molecule has 1 aromatic carbocycles. The molecular formula is C30H39N7OS. The topological polar surface area (TPSA) is 102 Å². The Hall–Kier alpha value is -3.72. The number of aliphatic imine (C=N–C) groups is 1. The molecule has 39 heavy (non-hydrogen) atoms. The number of nitrogens with zero attached hydrogens (tertiary/aromatic N) is 4. The van der Waals surface area contributed by atoms with E-state index in [4.69, 9.17) is 20.5 Å². The quantitative estimate of drug-likeness (QED) is 0.187. The molecule has 9 heteroatoms. The third kappa shape index (κ3) is 6.47. The standard InChI is InChI=1S/C30H39N7OS/c1-6-20(2)14-23-15-26(28-17-33-19-39-28)37(24-10-8-7-9-11-24)30(23)35-21(3)34-25-13-12-22(16-27(25)38-5)29(32)36(4)18-31/h12-19,24,31-32H,6-11H2,1-5H3,(H,34,35). The van der Waals surface area contributed by atoms with E-state index in [-0.39, 0.29) is 5.84 Å². The number of thiazole rings is 1. The zero-order valence-electron chi connectivity index (χ0n) is 23.5. The van der Waals surface area contributed by atoms with E-state index in [0.29, 0.717) is 17.4 Å². The molecule has 2 heterocycles. The first kappa shape index (κ1) is 28.3. The highest BCUT2D eigenvalue weighted by molar-refractivity contribution is 7.13. The number of benzene rings is 1. The first-order chi connectivity index (χ1) is 18.9. The van der Waals surface area contributed by atoms with Gasteiger partial charge in [-0.3, -0.25) is 15.8 Å². The summed E-state index contributed by atoms with van der Waals surface area (Å²) in [5, 5.41) is 19.2. The van der Waals surface area contributed by atoms with Crippen LogP contribution in [-0.2, 0) is 0 Å². The fraction of sp³-hybridized carbons (Fsp3) is 0.400. The number of aromatic nitrogens is 2. The molecule has 0 radical (unpaired) electrons. The zero-order valence-corrected chi connectivity index (χ0v) is 24.4. The van der Waals surface area contributed by atoms with Crippen molar-refractivity contribution in [1.29, 1.82) is 10.8 Å². The Balaban J connectivity index is 1.78. The van der Waals surface area contributed by atoms with Gasteiger partial charge in [-0.05, 0) is 57.4 Å². The van der Waals surface area contributed by atoms with Crippen molar-refractivity contribution in [1.82, 2.24) is 14.5 Å². The number of hydrogen-bond donors (Lipinski definition) is 3. The summed E-state index contributed by atoms with van der Waals surface area (Å²) in [6.07, 6.45) is 12.4. The monoisotopic (exact) mass is 545 g/mol. The molecule has 206 valence electrons. The number of hydrogen-bond acceptors (Lipinski definition) is 6. The zero-order chi connectivity index (χ0) is 27.9. The van der Waals surface area contributed by atoms with Gasteiger partial charge in [-0.15, -0.1) is 11.3 Å². The van der Waals surface area contributed by atoms with Crippen LogP contribution in [0, 0.1) is 10.8 Å². The molecule has 0 unspecified atom stereocenters. The SMILES string of the molecule is CCC(C)=Cc1cc(-c2cncs2)n(C2CCCCC2)c1/N=C(\C)Nc1ccc(C(=N)N(C)C=N)cc1OC. The molecule has 0 aliphatic heterocycles. The van der Waals surface area contributed by atoms with Crippen molar-refractivity contribution in [2.75, 3.05) is 19.5 Å². The second kappa shape index (κ2) is 12.9. The number of allylic oxidation sites excluding steroid dienone is 1. The van der Waals surface area contributed by atoms with Gasteiger partial charge in [0.1, 0.15) is 23.2 Å². The molecule has 3 aromatic rings. The van der Waals surface area contributed by atoms with E-state index < -0.39 is 0 Å². The summed E-state index contributed by atoms with van der Waals surface area (Å²) < 4.78 is 8.10. The first-order valence-corrected chi connectivity index (χ1v) is 14.4. The molecular weight excluding hydrogens is 506 g/mol. The average molecular weight is 546 g/mol. The summed E-state index contributed by atoms with van der Waals surface area (Å²) in [5.74, 6) is 2.56. The molecule has 0 amide bonds. The third-order valence-electron chi connectivity index (χ3n) is 7.23. The van der Waals surface area contributed by atoms with Gasteiger partial charge in [-0.1, -0.05) is 37.8 Å². The molecule has 8 nitrogen and oxygen atoms in total. The summed E-state index contributed by atoms with van der Waals surface area (Å²) in [4.78, 5) is 12.2. The number of amidine groups is 2. The van der Waals surface area contributed by atoms with Crippen molar-refractivity contribution in [3.05, 3.63) is 52.7 Å². The Morgan fingerprint density at radius 2 is 2.03 bits per heavy atom. The van der Waals surface area contributed by atoms with Crippen LogP contribution in [0.15, 0.2) is 46.5 Å². The van der Waals surface area contributed by atoms with Crippen molar-refractivity contribution >= 4 is 46.9 Å². The minimum Gasteiger partial charge on any atom is -0.495 e. The van der Waals surface area contributed by atoms with Crippen LogP contribution in [-0.4, -0.2) is 46.6 Å². The summed E-state index contributed by atoms with van der Waals surface area (Å²) in [6.45, 7) is 6.32. The maximum absolute atomic E-state index is 8.31. The van der Waals surface area contributed by atoms with Gasteiger partial charge < -0.3 is 19.5 Å². The Morgan fingerprint density at radius 1 is 1.26 bits per heavy atom. The summed E-state index contributed by atoms with van der Waals surface area (Å²) in [7, 11) is 3.30. The van der Waals surface area contributed by atoms with Crippen molar-refractivity contribution in [2.45, 2.75) is 65.3 Å². The van der Waals surface area contributed by atoms with Crippen LogP contribution >= 0.6 is 11.3 Å². The van der Waals surface area contributed by atoms with E-state index in [1.165, 1.54) is 35.4 Å². The Kier molecular flexibility index (Phi) is 9.35. The minimum absolute atomic E-state index is 0.226. The lowest BCUT2D eigenvalue weighted by Crippen LogP contribution is -2.24. The van der Waals surface area contributed by atoms with Crippen molar-refractivity contribution in [3.8, 4) is 16.3 Å². The van der Waals surface area contributed by atoms with Crippen molar-refractivity contribution < 1.29 is 4.74 Å². The van der Waals surface area contributed by atoms with Crippen LogP contribution in [0.4, 0.5) is 11.5 Å². The molecule has 0 bridgehead atoms. The Morgan fingerprint density at radius 3 is 2.67 bits per heavy atom. The van der Waals surface area contributed by atoms with Crippen molar-refractivity contribution in [2.24, 2.45) is 4.99 Å². The second-order valence-electron chi connectivity index (χ2n) is 10.0. The van der Waals surface area contributed by atoms with Gasteiger partial charge in [0.05, 0.1) is 35.2 Å². The predicted octanol–water partition coefficient (Wildman–Crippen LogP) is 7.96. The van der Waals surface area contributed by atoms with Crippen LogP contribution in [0.2, 0.25) is 0 Å². The minimum atomic E-state index is 0.226. The van der Waals surface area contributed by atoms with Crippen LogP contribution in [0.25, 0.3) is 16.6 Å². The molecule has 1 aliphatic rings. The molecule has 4 rings (SSSR count). The van der Waals surface area contributed by atoms with Gasteiger partial charge in [-0.25, -0.2) is 4.99 Å². The summed E-state index contributed by atoms with van der Waals surface area (Å²) >= 11 is 1.67. The predicted molar refractivity (Wildman–Crippen MR) is 164 cm³/mol. The van der Waals surface area contributed by atoms with E-state index in [0.717, 1.165) is 53.4 Å². The van der Waals surface area contributed by atoms with Gasteiger partial charge in [-0.2, -0.15) is 0 Å². The highest BCUT2D eigenvalue weighted by Crippen LogP contribution is 2.42. The first-order valence-electron chi connectivity index (χ1n) is 13.5. The van der Waals surface area contributed by atoms with Gasteiger partial charge in [0.15, 0.2) is 0 Å². The number of rotatable bonds is 9. The maximum Gasteiger partial charge on any atom is 0.143 e. The lowest BCUT2D eigenvalue weighted by Gasteiger charge is -2.26. The normalized spacial score (nSPS) is 14.8. The lowest BCUT2D eigenvalue weighted by atomic mass is 9.95. The molecule has 0 atom stereocenters. The van der Waals surface area contributed by atoms with Gasteiger partial charge >= 0.3 is 0 Å². The molecule has 1 fully saturated rings. The number of methoxy groups -OCH3 is 1. The van der Waals surface area contributed by atoms with Crippen LogP contribution in [0.5, 0.6) is 5.75 Å². The van der Waals surface area contributed by atoms with E-state index >= 15 is 0 Å². The summed E-state index contributed by atoms with van der Waals surface area (Å²) in [5.41, 5.74) is 6.94. The lowest BCUT2D eigenvalue weighted by molar-refractivity contribution is 0.359. The van der Waals surface area contributed by atoms with E-state index in [2.05, 4.69) is 40.9 Å². The Labute approximate surface area is 235 Å². The molecule has 1 aliphatic carbocycles. The fourth-order valence-electron chi connectivity index (χ4n) is 4.96. The van der Waals surface area contributed by atoms with Gasteiger partial charge in [0.2, 0.25) is 0 Å². The third-order valence-corrected chi connectivity index (χ3v) is 8.03. The van der Waals surface area contributed by atoms with Gasteiger partial charge in [0.25, 0.3) is 0 Å². The smallest absolute Gasteiger partial charge is 0.143 e. The Bertz CT molecular complexity index is 1360. The van der Waals surface area contributed by atoms with Crippen LogP contribution in [0.1, 0.15) is 76.5 Å². The number of anilines is 1. The van der Waals surface area contributed by atoms with Crippen LogP contribution < -0.4 is 10.1 Å². The van der Waals surface area contributed by atoms with Gasteiger partial charge in [0, 0.05) is 30.4 Å². The van der Waals surface area contributed by atoms with E-state index in [1.807, 2.05) is 36.8 Å². The number of nitrogens with one attached hydrogen (secondary N) is 3. The fourth-order valence-corrected chi connectivity index (χ4v) is 5.59.